The van der Waals surface area contributed by atoms with E-state index in [2.05, 4.69) is 5.32 Å². The number of piperidine rings is 1. The van der Waals surface area contributed by atoms with Crippen molar-refractivity contribution in [2.45, 2.75) is 38.6 Å². The van der Waals surface area contributed by atoms with Crippen LogP contribution in [-0.2, 0) is 0 Å². The van der Waals surface area contributed by atoms with Crippen LogP contribution in [0.2, 0.25) is 0 Å². The van der Waals surface area contributed by atoms with Crippen LogP contribution in [0.15, 0.2) is 18.2 Å². The first-order valence-corrected chi connectivity index (χ1v) is 7.92. The molecule has 1 aliphatic heterocycles. The van der Waals surface area contributed by atoms with Gasteiger partial charge in [0, 0.05) is 18.2 Å². The second kappa shape index (κ2) is 6.14. The third-order valence-electron chi connectivity index (χ3n) is 4.39. The molecule has 114 valence electrons. The Hall–Kier alpha value is -1.42. The average Bonchev–Trinajstić information content (AvgIpc) is 3.29. The van der Waals surface area contributed by atoms with Gasteiger partial charge in [-0.1, -0.05) is 0 Å². The molecule has 1 aromatic carbocycles. The van der Waals surface area contributed by atoms with Crippen molar-refractivity contribution in [3.63, 3.8) is 0 Å². The van der Waals surface area contributed by atoms with Crippen molar-refractivity contribution in [3.05, 3.63) is 35.1 Å². The molecule has 1 aliphatic carbocycles. The highest BCUT2D eigenvalue weighted by Crippen LogP contribution is 2.30. The number of hydrogen-bond donors (Lipinski definition) is 1. The highest BCUT2D eigenvalue weighted by atomic mass is 19.1. The van der Waals surface area contributed by atoms with Crippen LogP contribution < -0.4 is 5.32 Å². The van der Waals surface area contributed by atoms with E-state index in [1.165, 1.54) is 25.0 Å². The van der Waals surface area contributed by atoms with Crippen molar-refractivity contribution in [2.24, 2.45) is 5.92 Å². The van der Waals surface area contributed by atoms with E-state index in [0.717, 1.165) is 38.0 Å². The summed E-state index contributed by atoms with van der Waals surface area (Å²) in [5, 5.41) is 3.40. The van der Waals surface area contributed by atoms with Crippen LogP contribution in [0.4, 0.5) is 4.39 Å². The number of carbonyl (C=O) groups excluding carboxylic acids is 1. The summed E-state index contributed by atoms with van der Waals surface area (Å²) in [5.74, 6) is 0.192. The summed E-state index contributed by atoms with van der Waals surface area (Å²) in [6.07, 6.45) is 4.52. The van der Waals surface area contributed by atoms with Crippen LogP contribution in [-0.4, -0.2) is 36.5 Å². The predicted octanol–water partition coefficient (Wildman–Crippen LogP) is 2.74. The molecule has 21 heavy (non-hydrogen) atoms. The zero-order valence-electron chi connectivity index (χ0n) is 12.6. The Labute approximate surface area is 125 Å². The second-order valence-electron chi connectivity index (χ2n) is 6.42. The molecule has 0 aromatic heterocycles. The van der Waals surface area contributed by atoms with E-state index >= 15 is 0 Å². The van der Waals surface area contributed by atoms with Gasteiger partial charge < -0.3 is 10.2 Å². The molecule has 1 heterocycles. The Bertz CT molecular complexity index is 501. The lowest BCUT2D eigenvalue weighted by atomic mass is 9.98. The molecule has 1 amide bonds. The SMILES string of the molecule is Cc1cc(F)cc(C(=O)N(CC2CCCNC2)C2CC2)c1. The van der Waals surface area contributed by atoms with E-state index in [1.807, 2.05) is 11.8 Å². The first kappa shape index (κ1) is 14.5. The van der Waals surface area contributed by atoms with E-state index in [9.17, 15) is 9.18 Å². The first-order chi connectivity index (χ1) is 10.1. The molecule has 4 heteroatoms. The average molecular weight is 290 g/mol. The molecule has 0 bridgehead atoms. The standard InChI is InChI=1S/C17H23FN2O/c1-12-7-14(9-15(18)8-12)17(21)20(16-4-5-16)11-13-3-2-6-19-10-13/h7-9,13,16,19H,2-6,10-11H2,1H3. The molecule has 2 fully saturated rings. The third-order valence-corrected chi connectivity index (χ3v) is 4.39. The Kier molecular flexibility index (Phi) is 4.24. The minimum atomic E-state index is -0.326. The van der Waals surface area contributed by atoms with Gasteiger partial charge in [-0.2, -0.15) is 0 Å². The second-order valence-corrected chi connectivity index (χ2v) is 6.42. The van der Waals surface area contributed by atoms with Gasteiger partial charge in [-0.3, -0.25) is 4.79 Å². The summed E-state index contributed by atoms with van der Waals surface area (Å²) >= 11 is 0. The van der Waals surface area contributed by atoms with Gasteiger partial charge in [0.2, 0.25) is 0 Å². The summed E-state index contributed by atoms with van der Waals surface area (Å²) in [7, 11) is 0. The number of nitrogens with zero attached hydrogens (tertiary/aromatic N) is 1. The fourth-order valence-corrected chi connectivity index (χ4v) is 3.17. The van der Waals surface area contributed by atoms with Crippen molar-refractivity contribution in [1.29, 1.82) is 0 Å². The van der Waals surface area contributed by atoms with Crippen molar-refractivity contribution in [2.75, 3.05) is 19.6 Å². The zero-order chi connectivity index (χ0) is 14.8. The molecule has 3 rings (SSSR count). The minimum absolute atomic E-state index is 0.00864. The lowest BCUT2D eigenvalue weighted by molar-refractivity contribution is 0.0703. The van der Waals surface area contributed by atoms with Gasteiger partial charge in [-0.15, -0.1) is 0 Å². The Morgan fingerprint density at radius 1 is 1.33 bits per heavy atom. The largest absolute Gasteiger partial charge is 0.335 e. The number of carbonyl (C=O) groups is 1. The van der Waals surface area contributed by atoms with Crippen LogP contribution in [0, 0.1) is 18.7 Å². The number of nitrogens with one attached hydrogen (secondary N) is 1. The van der Waals surface area contributed by atoms with Gasteiger partial charge in [0.25, 0.3) is 5.91 Å². The molecule has 1 aromatic rings. The van der Waals surface area contributed by atoms with Crippen LogP contribution in [0.3, 0.4) is 0 Å². The summed E-state index contributed by atoms with van der Waals surface area (Å²) in [6.45, 7) is 4.69. The summed E-state index contributed by atoms with van der Waals surface area (Å²) < 4.78 is 13.5. The van der Waals surface area contributed by atoms with Gasteiger partial charge in [0.1, 0.15) is 5.82 Å². The molecule has 0 radical (unpaired) electrons. The lowest BCUT2D eigenvalue weighted by Gasteiger charge is -2.30. The minimum Gasteiger partial charge on any atom is -0.335 e. The Morgan fingerprint density at radius 3 is 2.76 bits per heavy atom. The summed E-state index contributed by atoms with van der Waals surface area (Å²) in [4.78, 5) is 14.7. The number of halogens is 1. The topological polar surface area (TPSA) is 32.3 Å². The smallest absolute Gasteiger partial charge is 0.254 e. The monoisotopic (exact) mass is 290 g/mol. The van der Waals surface area contributed by atoms with Crippen LogP contribution in [0.5, 0.6) is 0 Å². The van der Waals surface area contributed by atoms with Gasteiger partial charge in [-0.25, -0.2) is 4.39 Å². The normalized spacial score (nSPS) is 22.1. The highest BCUT2D eigenvalue weighted by Gasteiger charge is 2.34. The number of rotatable bonds is 4. The van der Waals surface area contributed by atoms with Gasteiger partial charge in [-0.05, 0) is 75.4 Å². The first-order valence-electron chi connectivity index (χ1n) is 7.92. The van der Waals surface area contributed by atoms with Crippen LogP contribution >= 0.6 is 0 Å². The lowest BCUT2D eigenvalue weighted by Crippen LogP contribution is -2.42. The number of amides is 1. The van der Waals surface area contributed by atoms with Crippen LogP contribution in [0.25, 0.3) is 0 Å². The Morgan fingerprint density at radius 2 is 2.14 bits per heavy atom. The van der Waals surface area contributed by atoms with Crippen molar-refractivity contribution in [1.82, 2.24) is 10.2 Å². The number of hydrogen-bond acceptors (Lipinski definition) is 2. The molecular formula is C17H23FN2O. The van der Waals surface area contributed by atoms with E-state index < -0.39 is 0 Å². The summed E-state index contributed by atoms with van der Waals surface area (Å²) in [5.41, 5.74) is 1.29. The zero-order valence-corrected chi connectivity index (χ0v) is 12.6. The fourth-order valence-electron chi connectivity index (χ4n) is 3.17. The quantitative estimate of drug-likeness (QED) is 0.925. The van der Waals surface area contributed by atoms with Gasteiger partial charge in [0.05, 0.1) is 0 Å². The van der Waals surface area contributed by atoms with Crippen molar-refractivity contribution >= 4 is 5.91 Å². The molecule has 1 unspecified atom stereocenters. The molecular weight excluding hydrogens is 267 g/mol. The van der Waals surface area contributed by atoms with Gasteiger partial charge >= 0.3 is 0 Å². The number of benzene rings is 1. The maximum Gasteiger partial charge on any atom is 0.254 e. The van der Waals surface area contributed by atoms with E-state index in [-0.39, 0.29) is 11.7 Å². The van der Waals surface area contributed by atoms with Crippen LogP contribution in [0.1, 0.15) is 41.6 Å². The highest BCUT2D eigenvalue weighted by molar-refractivity contribution is 5.94. The summed E-state index contributed by atoms with van der Waals surface area (Å²) in [6, 6.07) is 4.98. The molecule has 1 saturated carbocycles. The van der Waals surface area contributed by atoms with E-state index in [4.69, 9.17) is 0 Å². The van der Waals surface area contributed by atoms with Crippen molar-refractivity contribution < 1.29 is 9.18 Å². The predicted molar refractivity (Wildman–Crippen MR) is 80.8 cm³/mol. The molecule has 3 nitrogen and oxygen atoms in total. The maximum atomic E-state index is 13.5. The van der Waals surface area contributed by atoms with E-state index in [1.54, 1.807) is 6.07 Å². The third kappa shape index (κ3) is 3.62. The molecule has 2 aliphatic rings. The van der Waals surface area contributed by atoms with Crippen molar-refractivity contribution in [3.8, 4) is 0 Å². The molecule has 1 N–H and O–H groups in total. The fraction of sp³-hybridized carbons (Fsp3) is 0.588. The van der Waals surface area contributed by atoms with E-state index in [0.29, 0.717) is 17.5 Å². The molecule has 1 atom stereocenters. The number of aryl methyl sites for hydroxylation is 1. The molecule has 1 saturated heterocycles. The molecule has 0 spiro atoms. The maximum absolute atomic E-state index is 13.5. The Balaban J connectivity index is 1.74. The van der Waals surface area contributed by atoms with Gasteiger partial charge in [0.15, 0.2) is 0 Å².